The van der Waals surface area contributed by atoms with Crippen molar-refractivity contribution in [2.24, 2.45) is 5.10 Å². The number of anilines is 1. The normalized spacial score (nSPS) is 11.0. The lowest BCUT2D eigenvalue weighted by molar-refractivity contribution is 0.0950. The van der Waals surface area contributed by atoms with Crippen LogP contribution in [0, 0.1) is 0 Å². The van der Waals surface area contributed by atoms with Crippen molar-refractivity contribution in [3.63, 3.8) is 0 Å². The summed E-state index contributed by atoms with van der Waals surface area (Å²) in [5, 5.41) is 28.6. The Labute approximate surface area is 181 Å². The Morgan fingerprint density at radius 3 is 2.81 bits per heavy atom. The molecule has 162 valence electrons. The first-order chi connectivity index (χ1) is 15.6. The minimum Gasteiger partial charge on any atom is -0.508 e. The number of amides is 1. The number of nitrogens with one attached hydrogen (secondary N) is 1. The zero-order valence-electron chi connectivity index (χ0n) is 16.8. The number of phenols is 1. The monoisotopic (exact) mass is 434 g/mol. The SMILES string of the molecule is CCOc1cccc(-c2c(C(=O)N/N=C\c3ccc(O)cc3)nnn2-c2nonc2N)c1. The van der Waals surface area contributed by atoms with Gasteiger partial charge in [0.05, 0.1) is 12.8 Å². The molecule has 4 aromatic rings. The van der Waals surface area contributed by atoms with Gasteiger partial charge in [-0.15, -0.1) is 5.10 Å². The minimum atomic E-state index is -0.613. The highest BCUT2D eigenvalue weighted by Crippen LogP contribution is 2.29. The van der Waals surface area contributed by atoms with Crippen LogP contribution in [0.25, 0.3) is 17.1 Å². The van der Waals surface area contributed by atoms with E-state index >= 15 is 0 Å². The maximum absolute atomic E-state index is 12.9. The standard InChI is InChI=1S/C20H18N8O4/c1-2-31-15-5-3-4-13(10-15)17-16(23-27-28(17)19-18(21)25-32-26-19)20(30)24-22-11-12-6-8-14(29)9-7-12/h3-11,29H,2H2,1H3,(H2,21,25)(H,24,30)/b22-11-. The van der Waals surface area contributed by atoms with Crippen molar-refractivity contribution in [3.8, 4) is 28.6 Å². The number of benzene rings is 2. The van der Waals surface area contributed by atoms with E-state index in [1.54, 1.807) is 36.4 Å². The second-order valence-electron chi connectivity index (χ2n) is 6.42. The van der Waals surface area contributed by atoms with Gasteiger partial charge in [-0.25, -0.2) is 10.1 Å². The highest BCUT2D eigenvalue weighted by atomic mass is 16.6. The molecule has 0 aliphatic carbocycles. The van der Waals surface area contributed by atoms with Crippen molar-refractivity contribution in [1.29, 1.82) is 0 Å². The summed E-state index contributed by atoms with van der Waals surface area (Å²) in [6.45, 7) is 2.34. The number of hydrazone groups is 1. The number of nitrogen functional groups attached to an aromatic ring is 1. The fourth-order valence-electron chi connectivity index (χ4n) is 2.86. The Hall–Kier alpha value is -4.74. The zero-order valence-corrected chi connectivity index (χ0v) is 16.8. The van der Waals surface area contributed by atoms with Gasteiger partial charge in [0, 0.05) is 5.56 Å². The summed E-state index contributed by atoms with van der Waals surface area (Å²) in [7, 11) is 0. The van der Waals surface area contributed by atoms with Gasteiger partial charge in [-0.05, 0) is 59.2 Å². The highest BCUT2D eigenvalue weighted by Gasteiger charge is 2.25. The third kappa shape index (κ3) is 4.23. The number of aromatic hydroxyl groups is 1. The van der Waals surface area contributed by atoms with Gasteiger partial charge in [-0.2, -0.15) is 9.78 Å². The number of carbonyl (C=O) groups excluding carboxylic acids is 1. The average molecular weight is 434 g/mol. The van der Waals surface area contributed by atoms with E-state index in [0.29, 0.717) is 29.2 Å². The average Bonchev–Trinajstić information content (AvgIpc) is 3.41. The summed E-state index contributed by atoms with van der Waals surface area (Å²) in [6.07, 6.45) is 1.43. The zero-order chi connectivity index (χ0) is 22.5. The van der Waals surface area contributed by atoms with Crippen LogP contribution in [0.3, 0.4) is 0 Å². The summed E-state index contributed by atoms with van der Waals surface area (Å²) in [4.78, 5) is 12.9. The molecule has 12 nitrogen and oxygen atoms in total. The predicted molar refractivity (Wildman–Crippen MR) is 113 cm³/mol. The number of phenolic OH excluding ortho intramolecular Hbond substituents is 1. The summed E-state index contributed by atoms with van der Waals surface area (Å²) >= 11 is 0. The summed E-state index contributed by atoms with van der Waals surface area (Å²) in [6, 6.07) is 13.4. The highest BCUT2D eigenvalue weighted by molar-refractivity contribution is 5.99. The molecule has 0 spiro atoms. The Kier molecular flexibility index (Phi) is 5.74. The third-order valence-corrected chi connectivity index (χ3v) is 4.27. The first kappa shape index (κ1) is 20.5. The van der Waals surface area contributed by atoms with Gasteiger partial charge < -0.3 is 15.6 Å². The van der Waals surface area contributed by atoms with E-state index in [1.165, 1.54) is 23.0 Å². The van der Waals surface area contributed by atoms with Crippen molar-refractivity contribution in [1.82, 2.24) is 30.7 Å². The molecule has 0 saturated heterocycles. The van der Waals surface area contributed by atoms with Crippen molar-refractivity contribution in [2.45, 2.75) is 6.92 Å². The lowest BCUT2D eigenvalue weighted by Gasteiger charge is -2.08. The van der Waals surface area contributed by atoms with E-state index in [1.807, 2.05) is 6.92 Å². The van der Waals surface area contributed by atoms with Crippen LogP contribution >= 0.6 is 0 Å². The maximum Gasteiger partial charge on any atom is 0.294 e. The maximum atomic E-state index is 12.9. The number of ether oxygens (including phenoxy) is 1. The predicted octanol–water partition coefficient (Wildman–Crippen LogP) is 1.77. The van der Waals surface area contributed by atoms with Gasteiger partial charge in [0.2, 0.25) is 11.6 Å². The van der Waals surface area contributed by atoms with Gasteiger partial charge in [-0.3, -0.25) is 4.79 Å². The number of rotatable bonds is 7. The molecule has 0 bridgehead atoms. The van der Waals surface area contributed by atoms with E-state index in [4.69, 9.17) is 10.5 Å². The topological polar surface area (TPSA) is 167 Å². The third-order valence-electron chi connectivity index (χ3n) is 4.27. The number of hydrogen-bond acceptors (Lipinski definition) is 10. The molecule has 0 aliphatic heterocycles. The largest absolute Gasteiger partial charge is 0.508 e. The van der Waals surface area contributed by atoms with Crippen LogP contribution < -0.4 is 15.9 Å². The molecule has 32 heavy (non-hydrogen) atoms. The molecular weight excluding hydrogens is 416 g/mol. The van der Waals surface area contributed by atoms with Gasteiger partial charge in [0.25, 0.3) is 5.91 Å². The van der Waals surface area contributed by atoms with Crippen molar-refractivity contribution >= 4 is 17.9 Å². The molecule has 4 rings (SSSR count). The number of hydrogen-bond donors (Lipinski definition) is 3. The van der Waals surface area contributed by atoms with Gasteiger partial charge >= 0.3 is 0 Å². The quantitative estimate of drug-likeness (QED) is 0.290. The second-order valence-corrected chi connectivity index (χ2v) is 6.42. The fourth-order valence-corrected chi connectivity index (χ4v) is 2.86. The van der Waals surface area contributed by atoms with Crippen LogP contribution in [-0.2, 0) is 0 Å². The minimum absolute atomic E-state index is 0.0191. The molecule has 4 N–H and O–H groups in total. The molecule has 2 heterocycles. The molecule has 12 heteroatoms. The first-order valence-electron chi connectivity index (χ1n) is 9.46. The molecule has 1 amide bonds. The molecule has 0 fully saturated rings. The van der Waals surface area contributed by atoms with E-state index in [2.05, 4.69) is 35.8 Å². The number of carbonyl (C=O) groups is 1. The fraction of sp³-hybridized carbons (Fsp3) is 0.100. The Morgan fingerprint density at radius 2 is 2.09 bits per heavy atom. The Bertz CT molecular complexity index is 1260. The van der Waals surface area contributed by atoms with E-state index in [-0.39, 0.29) is 23.1 Å². The van der Waals surface area contributed by atoms with Crippen LogP contribution in [-0.4, -0.2) is 49.1 Å². The number of aromatic nitrogens is 5. The smallest absolute Gasteiger partial charge is 0.294 e. The van der Waals surface area contributed by atoms with Crippen molar-refractivity contribution in [2.75, 3.05) is 12.3 Å². The molecular formula is C20H18N8O4. The van der Waals surface area contributed by atoms with Gasteiger partial charge in [0.1, 0.15) is 17.2 Å². The van der Waals surface area contributed by atoms with E-state index < -0.39 is 5.91 Å². The lowest BCUT2D eigenvalue weighted by atomic mass is 10.1. The van der Waals surface area contributed by atoms with Crippen molar-refractivity contribution in [3.05, 3.63) is 59.8 Å². The van der Waals surface area contributed by atoms with Gasteiger partial charge in [-0.1, -0.05) is 17.3 Å². The summed E-state index contributed by atoms with van der Waals surface area (Å²) in [5.41, 5.74) is 9.76. The van der Waals surface area contributed by atoms with E-state index in [0.717, 1.165) is 0 Å². The van der Waals surface area contributed by atoms with Crippen molar-refractivity contribution < 1.29 is 19.3 Å². The van der Waals surface area contributed by atoms with E-state index in [9.17, 15) is 9.90 Å². The van der Waals surface area contributed by atoms with Crippen LogP contribution in [0.1, 0.15) is 23.0 Å². The van der Waals surface area contributed by atoms with Crippen LogP contribution in [0.5, 0.6) is 11.5 Å². The van der Waals surface area contributed by atoms with Crippen LogP contribution in [0.15, 0.2) is 58.3 Å². The van der Waals surface area contributed by atoms with Gasteiger partial charge in [0.15, 0.2) is 5.69 Å². The second kappa shape index (κ2) is 8.95. The number of nitrogens with two attached hydrogens (primary N) is 1. The molecule has 0 unspecified atom stereocenters. The summed E-state index contributed by atoms with van der Waals surface area (Å²) in [5.74, 6) is 0.178. The number of nitrogens with zero attached hydrogens (tertiary/aromatic N) is 6. The molecule has 0 atom stereocenters. The molecule has 0 aliphatic rings. The molecule has 0 saturated carbocycles. The van der Waals surface area contributed by atoms with Crippen LogP contribution in [0.4, 0.5) is 5.82 Å². The first-order valence-corrected chi connectivity index (χ1v) is 9.46. The summed E-state index contributed by atoms with van der Waals surface area (Å²) < 4.78 is 11.5. The van der Waals surface area contributed by atoms with Crippen LogP contribution in [0.2, 0.25) is 0 Å². The Balaban J connectivity index is 1.69. The molecule has 2 aromatic heterocycles. The lowest BCUT2D eigenvalue weighted by Crippen LogP contribution is -2.19. The molecule has 2 aromatic carbocycles. The Morgan fingerprint density at radius 1 is 1.28 bits per heavy atom. The molecule has 0 radical (unpaired) electrons.